The smallest absolute Gasteiger partial charge is 0.154 e. The SMILES string of the molecule is Cc1cc(N=C2NN(c3ccc(C(C)(C)C)cc3)C(C=O)c3ccc(N)cc32)n(C(C)(C)C)n1. The fraction of sp³-hybridized carbons (Fsp3) is 0.370. The molecule has 0 aliphatic carbocycles. The zero-order valence-corrected chi connectivity index (χ0v) is 21.0. The van der Waals surface area contributed by atoms with Gasteiger partial charge in [-0.3, -0.25) is 10.4 Å². The molecule has 0 radical (unpaired) electrons. The Morgan fingerprint density at radius 2 is 1.71 bits per heavy atom. The maximum atomic E-state index is 12.3. The van der Waals surface area contributed by atoms with Gasteiger partial charge in [0.05, 0.1) is 16.9 Å². The molecule has 7 nitrogen and oxygen atoms in total. The number of aldehydes is 1. The van der Waals surface area contributed by atoms with Crippen LogP contribution in [0.4, 0.5) is 17.2 Å². The van der Waals surface area contributed by atoms with Crippen LogP contribution in [0.25, 0.3) is 0 Å². The summed E-state index contributed by atoms with van der Waals surface area (Å²) in [5.74, 6) is 1.35. The van der Waals surface area contributed by atoms with Crippen LogP contribution in [-0.4, -0.2) is 21.9 Å². The molecule has 1 aliphatic heterocycles. The quantitative estimate of drug-likeness (QED) is 0.418. The number of nitrogens with two attached hydrogens (primary N) is 1. The van der Waals surface area contributed by atoms with E-state index in [4.69, 9.17) is 10.7 Å². The molecule has 1 atom stereocenters. The Morgan fingerprint density at radius 1 is 1.03 bits per heavy atom. The molecule has 178 valence electrons. The first-order chi connectivity index (χ1) is 15.9. The molecular formula is C27H34N6O. The minimum atomic E-state index is -0.524. The Morgan fingerprint density at radius 3 is 2.29 bits per heavy atom. The van der Waals surface area contributed by atoms with Crippen LogP contribution in [0, 0.1) is 6.92 Å². The minimum absolute atomic E-state index is 0.0396. The van der Waals surface area contributed by atoms with Crippen molar-refractivity contribution >= 4 is 29.3 Å². The lowest BCUT2D eigenvalue weighted by Gasteiger charge is -2.38. The largest absolute Gasteiger partial charge is 0.399 e. The van der Waals surface area contributed by atoms with Crippen molar-refractivity contribution in [3.8, 4) is 0 Å². The van der Waals surface area contributed by atoms with E-state index in [0.29, 0.717) is 11.5 Å². The summed E-state index contributed by atoms with van der Waals surface area (Å²) in [5, 5.41) is 6.51. The van der Waals surface area contributed by atoms with Gasteiger partial charge in [-0.05, 0) is 68.5 Å². The Labute approximate surface area is 201 Å². The summed E-state index contributed by atoms with van der Waals surface area (Å²) >= 11 is 0. The van der Waals surface area contributed by atoms with Gasteiger partial charge in [0.2, 0.25) is 0 Å². The normalized spacial score (nSPS) is 17.4. The summed E-state index contributed by atoms with van der Waals surface area (Å²) in [6.45, 7) is 14.8. The molecule has 0 fully saturated rings. The molecule has 0 saturated heterocycles. The van der Waals surface area contributed by atoms with Crippen molar-refractivity contribution in [3.05, 3.63) is 70.9 Å². The Balaban J connectivity index is 1.86. The third kappa shape index (κ3) is 4.42. The van der Waals surface area contributed by atoms with E-state index in [0.717, 1.165) is 34.6 Å². The Bertz CT molecular complexity index is 1240. The van der Waals surface area contributed by atoms with Gasteiger partial charge in [-0.25, -0.2) is 9.67 Å². The first-order valence-electron chi connectivity index (χ1n) is 11.6. The van der Waals surface area contributed by atoms with Gasteiger partial charge in [0.25, 0.3) is 0 Å². The van der Waals surface area contributed by atoms with E-state index in [1.165, 1.54) is 5.56 Å². The average Bonchev–Trinajstić information content (AvgIpc) is 3.13. The molecule has 7 heteroatoms. The summed E-state index contributed by atoms with van der Waals surface area (Å²) in [4.78, 5) is 17.3. The third-order valence-corrected chi connectivity index (χ3v) is 5.97. The van der Waals surface area contributed by atoms with Crippen LogP contribution in [0.15, 0.2) is 53.5 Å². The Hall–Kier alpha value is -3.61. The fourth-order valence-corrected chi connectivity index (χ4v) is 4.16. The molecule has 1 aromatic heterocycles. The van der Waals surface area contributed by atoms with Crippen LogP contribution >= 0.6 is 0 Å². The van der Waals surface area contributed by atoms with Crippen LogP contribution in [-0.2, 0) is 15.7 Å². The number of aryl methyl sites for hydroxylation is 1. The molecule has 3 aromatic rings. The van der Waals surface area contributed by atoms with Gasteiger partial charge in [0, 0.05) is 17.3 Å². The molecule has 1 aliphatic rings. The van der Waals surface area contributed by atoms with Crippen molar-refractivity contribution in [3.63, 3.8) is 0 Å². The number of amidine groups is 1. The van der Waals surface area contributed by atoms with Crippen LogP contribution in [0.5, 0.6) is 0 Å². The van der Waals surface area contributed by atoms with Gasteiger partial charge in [-0.1, -0.05) is 39.0 Å². The maximum absolute atomic E-state index is 12.3. The highest BCUT2D eigenvalue weighted by molar-refractivity contribution is 6.05. The van der Waals surface area contributed by atoms with E-state index < -0.39 is 6.04 Å². The van der Waals surface area contributed by atoms with E-state index in [9.17, 15) is 4.79 Å². The van der Waals surface area contributed by atoms with E-state index >= 15 is 0 Å². The average molecular weight is 459 g/mol. The summed E-state index contributed by atoms with van der Waals surface area (Å²) < 4.78 is 1.91. The number of carbonyl (C=O) groups is 1. The summed E-state index contributed by atoms with van der Waals surface area (Å²) in [6.07, 6.45) is 0.944. The molecular weight excluding hydrogens is 424 g/mol. The predicted octanol–water partition coefficient (Wildman–Crippen LogP) is 5.17. The molecule has 0 bridgehead atoms. The highest BCUT2D eigenvalue weighted by Gasteiger charge is 2.32. The summed E-state index contributed by atoms with van der Waals surface area (Å²) in [6, 6.07) is 15.3. The van der Waals surface area contributed by atoms with Gasteiger partial charge >= 0.3 is 0 Å². The molecule has 1 unspecified atom stereocenters. The van der Waals surface area contributed by atoms with Crippen molar-refractivity contribution in [2.45, 2.75) is 65.5 Å². The number of nitrogens with one attached hydrogen (secondary N) is 1. The third-order valence-electron chi connectivity index (χ3n) is 5.97. The van der Waals surface area contributed by atoms with Crippen molar-refractivity contribution in [2.24, 2.45) is 4.99 Å². The zero-order valence-electron chi connectivity index (χ0n) is 21.0. The highest BCUT2D eigenvalue weighted by atomic mass is 16.1. The van der Waals surface area contributed by atoms with E-state index in [1.807, 2.05) is 53.0 Å². The summed E-state index contributed by atoms with van der Waals surface area (Å²) in [5.41, 5.74) is 14.6. The van der Waals surface area contributed by atoms with Crippen molar-refractivity contribution in [2.75, 3.05) is 10.7 Å². The van der Waals surface area contributed by atoms with Gasteiger partial charge < -0.3 is 10.5 Å². The molecule has 0 spiro atoms. The number of hydrogen-bond donors (Lipinski definition) is 2. The zero-order chi connectivity index (χ0) is 24.8. The first kappa shape index (κ1) is 23.5. The lowest BCUT2D eigenvalue weighted by molar-refractivity contribution is -0.109. The summed E-state index contributed by atoms with van der Waals surface area (Å²) in [7, 11) is 0. The van der Waals surface area contributed by atoms with Crippen LogP contribution in [0.1, 0.15) is 70.0 Å². The van der Waals surface area contributed by atoms with Crippen LogP contribution in [0.2, 0.25) is 0 Å². The number of nitrogens with zero attached hydrogens (tertiary/aromatic N) is 4. The number of rotatable bonds is 3. The minimum Gasteiger partial charge on any atom is -0.399 e. The number of nitrogen functional groups attached to an aromatic ring is 1. The predicted molar refractivity (Wildman–Crippen MR) is 139 cm³/mol. The van der Waals surface area contributed by atoms with Crippen LogP contribution in [0.3, 0.4) is 0 Å². The monoisotopic (exact) mass is 458 g/mol. The maximum Gasteiger partial charge on any atom is 0.154 e. The molecule has 3 N–H and O–H groups in total. The first-order valence-corrected chi connectivity index (χ1v) is 11.6. The van der Waals surface area contributed by atoms with Crippen molar-refractivity contribution in [1.82, 2.24) is 15.2 Å². The molecule has 4 rings (SSSR count). The lowest BCUT2D eigenvalue weighted by atomic mass is 9.87. The molecule has 0 saturated carbocycles. The second-order valence-electron chi connectivity index (χ2n) is 10.9. The number of carbonyl (C=O) groups excluding carboxylic acids is 1. The molecule has 2 heterocycles. The van der Waals surface area contributed by atoms with E-state index in [-0.39, 0.29) is 11.0 Å². The number of hydrogen-bond acceptors (Lipinski definition) is 5. The van der Waals surface area contributed by atoms with E-state index in [1.54, 1.807) is 0 Å². The van der Waals surface area contributed by atoms with Gasteiger partial charge in [-0.2, -0.15) is 5.10 Å². The van der Waals surface area contributed by atoms with Gasteiger partial charge in [-0.15, -0.1) is 0 Å². The van der Waals surface area contributed by atoms with Gasteiger partial charge in [0.1, 0.15) is 12.3 Å². The highest BCUT2D eigenvalue weighted by Crippen LogP contribution is 2.34. The molecule has 34 heavy (non-hydrogen) atoms. The number of fused-ring (bicyclic) bond motifs is 1. The van der Waals surface area contributed by atoms with Crippen molar-refractivity contribution in [1.29, 1.82) is 0 Å². The topological polar surface area (TPSA) is 88.5 Å². The van der Waals surface area contributed by atoms with Crippen molar-refractivity contribution < 1.29 is 4.79 Å². The standard InChI is InChI=1S/C27H34N6O/c1-17-14-24(33(30-17)27(5,6)7)29-25-22-15-19(28)10-13-21(22)23(16-34)32(31-25)20-11-8-18(9-12-20)26(2,3)4/h8-16,23H,28H2,1-7H3,(H,29,31). The number of benzene rings is 2. The number of hydrazine groups is 1. The fourth-order valence-electron chi connectivity index (χ4n) is 4.16. The van der Waals surface area contributed by atoms with Gasteiger partial charge in [0.15, 0.2) is 11.7 Å². The second kappa shape index (κ2) is 8.31. The second-order valence-corrected chi connectivity index (χ2v) is 10.9. The number of aliphatic imine (C=N–C) groups is 1. The lowest BCUT2D eigenvalue weighted by Crippen LogP contribution is -2.50. The Kier molecular flexibility index (Phi) is 5.75. The molecule has 0 amide bonds. The number of aromatic nitrogens is 2. The van der Waals surface area contributed by atoms with E-state index in [2.05, 4.69) is 64.2 Å². The van der Waals surface area contributed by atoms with Crippen LogP contribution < -0.4 is 16.2 Å². The number of anilines is 2. The molecule has 2 aromatic carbocycles.